The quantitative estimate of drug-likeness (QED) is 0.159. The van der Waals surface area contributed by atoms with E-state index in [0.29, 0.717) is 0 Å². The average molecular weight is 866 g/mol. The van der Waals surface area contributed by atoms with Crippen LogP contribution in [-0.4, -0.2) is 0 Å². The van der Waals surface area contributed by atoms with Gasteiger partial charge in [0.1, 0.15) is 0 Å². The summed E-state index contributed by atoms with van der Waals surface area (Å²) in [5.74, 6) is 0. The second kappa shape index (κ2) is 13.9. The molecule has 310 valence electrons. The van der Waals surface area contributed by atoms with Gasteiger partial charge in [0.05, 0.1) is 5.41 Å². The van der Waals surface area contributed by atoms with Gasteiger partial charge in [0, 0.05) is 37.2 Å². The third kappa shape index (κ3) is 5.14. The van der Waals surface area contributed by atoms with Gasteiger partial charge in [0.2, 0.25) is 0 Å². The number of fused-ring (bicyclic) bond motifs is 20. The molecule has 0 fully saturated rings. The SMILES string of the molecule is c1ccc2c(c1)-c1ccccc1C21c2ccccc2-c2ccc(N(c3ccc(-c4ccc5sc6cc7ccccc7cc6c5c4)cc3)c3ccc4c5ccccc5c5ccccc5c4c3)cc21. The Morgan fingerprint density at radius 2 is 0.731 bits per heavy atom. The van der Waals surface area contributed by atoms with Crippen LogP contribution in [0.25, 0.3) is 96.6 Å². The molecule has 0 radical (unpaired) electrons. The molecule has 0 bridgehead atoms. The molecule has 12 aromatic carbocycles. The van der Waals surface area contributed by atoms with Gasteiger partial charge in [-0.05, 0) is 159 Å². The Hall–Kier alpha value is -8.30. The molecule has 15 rings (SSSR count). The molecule has 0 unspecified atom stereocenters. The summed E-state index contributed by atoms with van der Waals surface area (Å²) in [7, 11) is 0. The minimum absolute atomic E-state index is 0.445. The van der Waals surface area contributed by atoms with Crippen LogP contribution >= 0.6 is 11.3 Å². The van der Waals surface area contributed by atoms with Crippen LogP contribution in [0.15, 0.2) is 237 Å². The van der Waals surface area contributed by atoms with Gasteiger partial charge < -0.3 is 4.90 Å². The van der Waals surface area contributed by atoms with Crippen molar-refractivity contribution in [2.45, 2.75) is 5.41 Å². The fraction of sp³-hybridized carbons (Fsp3) is 0.0154. The lowest BCUT2D eigenvalue weighted by molar-refractivity contribution is 0.793. The predicted octanol–water partition coefficient (Wildman–Crippen LogP) is 18.1. The van der Waals surface area contributed by atoms with Gasteiger partial charge in [0.25, 0.3) is 0 Å². The van der Waals surface area contributed by atoms with Gasteiger partial charge in [0.15, 0.2) is 0 Å². The smallest absolute Gasteiger partial charge is 0.0726 e. The summed E-state index contributed by atoms with van der Waals surface area (Å²) in [4.78, 5) is 2.48. The van der Waals surface area contributed by atoms with Crippen molar-refractivity contribution in [2.75, 3.05) is 4.90 Å². The summed E-state index contributed by atoms with van der Waals surface area (Å²) in [5, 5.41) is 12.8. The van der Waals surface area contributed by atoms with Crippen LogP contribution in [0.1, 0.15) is 22.3 Å². The third-order valence-electron chi connectivity index (χ3n) is 15.0. The number of benzene rings is 12. The van der Waals surface area contributed by atoms with Crippen molar-refractivity contribution >= 4 is 91.7 Å². The summed E-state index contributed by atoms with van der Waals surface area (Å²) in [5.41, 5.74) is 15.9. The van der Waals surface area contributed by atoms with Gasteiger partial charge in [-0.3, -0.25) is 0 Å². The van der Waals surface area contributed by atoms with E-state index in [1.165, 1.54) is 119 Å². The third-order valence-corrected chi connectivity index (χ3v) is 16.2. The maximum absolute atomic E-state index is 2.50. The highest BCUT2D eigenvalue weighted by molar-refractivity contribution is 7.25. The van der Waals surface area contributed by atoms with Crippen molar-refractivity contribution in [2.24, 2.45) is 0 Å². The first kappa shape index (κ1) is 37.0. The number of anilines is 3. The first-order chi connectivity index (χ1) is 33.2. The molecule has 0 saturated carbocycles. The van der Waals surface area contributed by atoms with Crippen molar-refractivity contribution in [1.82, 2.24) is 0 Å². The second-order valence-electron chi connectivity index (χ2n) is 18.3. The van der Waals surface area contributed by atoms with Crippen molar-refractivity contribution in [3.05, 3.63) is 259 Å². The lowest BCUT2D eigenvalue weighted by Crippen LogP contribution is -2.26. The molecule has 13 aromatic rings. The number of rotatable bonds is 4. The summed E-state index contributed by atoms with van der Waals surface area (Å²) >= 11 is 1.88. The lowest BCUT2D eigenvalue weighted by atomic mass is 9.70. The summed E-state index contributed by atoms with van der Waals surface area (Å²) in [6.07, 6.45) is 0. The van der Waals surface area contributed by atoms with Crippen LogP contribution in [0.5, 0.6) is 0 Å². The Morgan fingerprint density at radius 1 is 0.269 bits per heavy atom. The Bertz CT molecular complexity index is 4130. The van der Waals surface area contributed by atoms with Gasteiger partial charge in [-0.2, -0.15) is 0 Å². The highest BCUT2D eigenvalue weighted by Crippen LogP contribution is 2.63. The van der Waals surface area contributed by atoms with E-state index < -0.39 is 5.41 Å². The van der Waals surface area contributed by atoms with Crippen molar-refractivity contribution in [3.8, 4) is 33.4 Å². The zero-order valence-electron chi connectivity index (χ0n) is 36.4. The molecule has 1 spiro atoms. The van der Waals surface area contributed by atoms with Crippen LogP contribution in [0.2, 0.25) is 0 Å². The lowest BCUT2D eigenvalue weighted by Gasteiger charge is -2.32. The van der Waals surface area contributed by atoms with E-state index in [2.05, 4.69) is 241 Å². The molecular weight excluding hydrogens is 827 g/mol. The van der Waals surface area contributed by atoms with E-state index in [9.17, 15) is 0 Å². The Labute approximate surface area is 392 Å². The molecule has 0 saturated heterocycles. The van der Waals surface area contributed by atoms with Crippen LogP contribution in [0, 0.1) is 0 Å². The fourth-order valence-corrected chi connectivity index (χ4v) is 13.3. The van der Waals surface area contributed by atoms with Gasteiger partial charge >= 0.3 is 0 Å². The summed E-state index contributed by atoms with van der Waals surface area (Å²) in [6.45, 7) is 0. The average Bonchev–Trinajstić information content (AvgIpc) is 4.01. The monoisotopic (exact) mass is 865 g/mol. The highest BCUT2D eigenvalue weighted by atomic mass is 32.1. The van der Waals surface area contributed by atoms with E-state index in [1.54, 1.807) is 0 Å². The molecule has 2 heteroatoms. The number of thiophene rings is 1. The minimum atomic E-state index is -0.445. The molecule has 1 aromatic heterocycles. The van der Waals surface area contributed by atoms with Gasteiger partial charge in [-0.25, -0.2) is 0 Å². The Balaban J connectivity index is 0.944. The van der Waals surface area contributed by atoms with Crippen LogP contribution in [0.3, 0.4) is 0 Å². The second-order valence-corrected chi connectivity index (χ2v) is 19.4. The molecule has 67 heavy (non-hydrogen) atoms. The highest BCUT2D eigenvalue weighted by Gasteiger charge is 2.51. The Morgan fingerprint density at radius 3 is 1.37 bits per heavy atom. The topological polar surface area (TPSA) is 3.24 Å². The minimum Gasteiger partial charge on any atom is -0.310 e. The molecule has 0 amide bonds. The molecule has 1 nitrogen and oxygen atoms in total. The van der Waals surface area contributed by atoms with Crippen molar-refractivity contribution < 1.29 is 0 Å². The maximum atomic E-state index is 2.50. The summed E-state index contributed by atoms with van der Waals surface area (Å²) < 4.78 is 2.65. The van der Waals surface area contributed by atoms with E-state index in [-0.39, 0.29) is 0 Å². The molecule has 2 aliphatic rings. The van der Waals surface area contributed by atoms with Crippen LogP contribution in [0.4, 0.5) is 17.1 Å². The maximum Gasteiger partial charge on any atom is 0.0726 e. The van der Waals surface area contributed by atoms with Gasteiger partial charge in [-0.15, -0.1) is 11.3 Å². The molecule has 0 aliphatic heterocycles. The molecule has 2 aliphatic carbocycles. The van der Waals surface area contributed by atoms with Crippen LogP contribution in [-0.2, 0) is 5.41 Å². The number of nitrogens with zero attached hydrogens (tertiary/aromatic N) is 1. The first-order valence-electron chi connectivity index (χ1n) is 23.2. The fourth-order valence-electron chi connectivity index (χ4n) is 12.1. The predicted molar refractivity (Wildman–Crippen MR) is 286 cm³/mol. The number of hydrogen-bond donors (Lipinski definition) is 0. The van der Waals surface area contributed by atoms with E-state index in [0.717, 1.165) is 17.1 Å². The summed E-state index contributed by atoms with van der Waals surface area (Å²) in [6, 6.07) is 89.0. The van der Waals surface area contributed by atoms with Crippen molar-refractivity contribution in [3.63, 3.8) is 0 Å². The van der Waals surface area contributed by atoms with Crippen LogP contribution < -0.4 is 4.90 Å². The number of hydrogen-bond acceptors (Lipinski definition) is 2. The first-order valence-corrected chi connectivity index (χ1v) is 24.0. The van der Waals surface area contributed by atoms with Gasteiger partial charge in [-0.1, -0.05) is 176 Å². The largest absolute Gasteiger partial charge is 0.310 e. The zero-order valence-corrected chi connectivity index (χ0v) is 37.2. The molecule has 0 atom stereocenters. The zero-order chi connectivity index (χ0) is 43.8. The normalized spacial score (nSPS) is 13.2. The molecule has 0 N–H and O–H groups in total. The molecule has 1 heterocycles. The van der Waals surface area contributed by atoms with E-state index >= 15 is 0 Å². The van der Waals surface area contributed by atoms with E-state index in [1.807, 2.05) is 11.3 Å². The Kier molecular flexibility index (Phi) is 7.65. The van der Waals surface area contributed by atoms with Crippen molar-refractivity contribution in [1.29, 1.82) is 0 Å². The molecular formula is C65H39NS. The standard InChI is InChI=1S/C65H39NS/c1-2-14-42-37-64-58(35-41(42)13-1)57-36-43(27-34-63(57)67-64)40-25-28-44(29-26-40)66(45-30-32-51-49-17-4-3-15-47(49)48-16-5-6-18-50(48)56(51)38-45)46-31-33-55-54-21-9-12-24-61(54)65(62(55)39-46)59-22-10-7-19-52(59)53-20-8-11-23-60(53)65/h1-39H. The van der Waals surface area contributed by atoms with E-state index in [4.69, 9.17) is 0 Å².